The second-order valence-electron chi connectivity index (χ2n) is 8.24. The predicted octanol–water partition coefficient (Wildman–Crippen LogP) is 6.13. The van der Waals surface area contributed by atoms with Crippen LogP contribution < -0.4 is 10.6 Å². The Morgan fingerprint density at radius 3 is 2.53 bits per heavy atom. The molecule has 3 aromatic carbocycles. The van der Waals surface area contributed by atoms with E-state index in [2.05, 4.69) is 10.6 Å². The van der Waals surface area contributed by atoms with Crippen molar-refractivity contribution in [1.82, 2.24) is 9.88 Å². The Bertz CT molecular complexity index is 1400. The molecule has 36 heavy (non-hydrogen) atoms. The lowest BCUT2D eigenvalue weighted by molar-refractivity contribution is -0.137. The van der Waals surface area contributed by atoms with Crippen LogP contribution in [0.25, 0.3) is 10.9 Å². The van der Waals surface area contributed by atoms with Crippen LogP contribution in [0, 0.1) is 6.92 Å². The molecule has 1 aromatic heterocycles. The third kappa shape index (κ3) is 6.28. The van der Waals surface area contributed by atoms with Crippen LogP contribution in [0.1, 0.15) is 21.5 Å². The van der Waals surface area contributed by atoms with Gasteiger partial charge in [-0.3, -0.25) is 9.59 Å². The van der Waals surface area contributed by atoms with Crippen molar-refractivity contribution in [2.45, 2.75) is 24.5 Å². The highest BCUT2D eigenvalue weighted by Crippen LogP contribution is 2.31. The molecule has 5 nitrogen and oxygen atoms in total. The first-order valence-electron chi connectivity index (χ1n) is 11.2. The van der Waals surface area contributed by atoms with Crippen LogP contribution in [0.15, 0.2) is 83.9 Å². The Balaban J connectivity index is 1.38. The zero-order chi connectivity index (χ0) is 25.7. The maximum absolute atomic E-state index is 12.9. The van der Waals surface area contributed by atoms with Gasteiger partial charge in [-0.05, 0) is 48.9 Å². The van der Waals surface area contributed by atoms with Crippen LogP contribution in [0.5, 0.6) is 0 Å². The molecular weight excluding hydrogens is 487 g/mol. The standard InChI is InChI=1S/C27H24F3N3O2S/c1-18-6-4-9-21(14-18)32-25(34)17-36-24-16-33(23-11-3-2-10-22(23)24)13-12-31-26(35)19-7-5-8-20(15-19)27(28,29)30/h2-11,14-16H,12-13,17H2,1H3,(H,31,35)(H,32,34). The summed E-state index contributed by atoms with van der Waals surface area (Å²) in [6.07, 6.45) is -2.59. The van der Waals surface area contributed by atoms with E-state index < -0.39 is 17.6 Å². The van der Waals surface area contributed by atoms with Crippen molar-refractivity contribution < 1.29 is 22.8 Å². The molecule has 0 saturated carbocycles. The molecule has 0 aliphatic rings. The van der Waals surface area contributed by atoms with Gasteiger partial charge in [0, 0.05) is 46.3 Å². The minimum absolute atomic E-state index is 0.0435. The third-order valence-corrected chi connectivity index (χ3v) is 6.55. The molecule has 0 aliphatic heterocycles. The highest BCUT2D eigenvalue weighted by molar-refractivity contribution is 8.00. The summed E-state index contributed by atoms with van der Waals surface area (Å²) in [7, 11) is 0. The summed E-state index contributed by atoms with van der Waals surface area (Å²) in [6.45, 7) is 2.61. The highest BCUT2D eigenvalue weighted by Gasteiger charge is 2.30. The Kier molecular flexibility index (Phi) is 7.69. The van der Waals surface area contributed by atoms with Gasteiger partial charge >= 0.3 is 6.18 Å². The first-order chi connectivity index (χ1) is 17.2. The number of nitrogens with zero attached hydrogens (tertiary/aromatic N) is 1. The highest BCUT2D eigenvalue weighted by atomic mass is 32.2. The molecule has 2 N–H and O–H groups in total. The van der Waals surface area contributed by atoms with Gasteiger partial charge in [-0.25, -0.2) is 0 Å². The predicted molar refractivity (Wildman–Crippen MR) is 136 cm³/mol. The van der Waals surface area contributed by atoms with E-state index >= 15 is 0 Å². The second-order valence-corrected chi connectivity index (χ2v) is 9.26. The van der Waals surface area contributed by atoms with Gasteiger partial charge in [-0.15, -0.1) is 11.8 Å². The van der Waals surface area contributed by atoms with Crippen molar-refractivity contribution in [3.05, 3.63) is 95.7 Å². The van der Waals surface area contributed by atoms with E-state index in [0.717, 1.165) is 39.2 Å². The van der Waals surface area contributed by atoms with Crippen LogP contribution in [-0.2, 0) is 17.5 Å². The molecule has 4 aromatic rings. The van der Waals surface area contributed by atoms with E-state index in [-0.39, 0.29) is 23.8 Å². The number of para-hydroxylation sites is 1. The van der Waals surface area contributed by atoms with E-state index in [9.17, 15) is 22.8 Å². The van der Waals surface area contributed by atoms with E-state index in [4.69, 9.17) is 0 Å². The summed E-state index contributed by atoms with van der Waals surface area (Å²) >= 11 is 1.42. The van der Waals surface area contributed by atoms with Crippen molar-refractivity contribution in [3.63, 3.8) is 0 Å². The monoisotopic (exact) mass is 511 g/mol. The molecule has 0 saturated heterocycles. The number of fused-ring (bicyclic) bond motifs is 1. The SMILES string of the molecule is Cc1cccc(NC(=O)CSc2cn(CCNC(=O)c3cccc(C(F)(F)F)c3)c3ccccc23)c1. The number of halogens is 3. The molecule has 2 amide bonds. The Morgan fingerprint density at radius 1 is 0.972 bits per heavy atom. The number of nitrogens with one attached hydrogen (secondary N) is 2. The molecule has 0 radical (unpaired) electrons. The van der Waals surface area contributed by atoms with Crippen LogP contribution in [0.4, 0.5) is 18.9 Å². The lowest BCUT2D eigenvalue weighted by atomic mass is 10.1. The maximum atomic E-state index is 12.9. The third-order valence-electron chi connectivity index (χ3n) is 5.50. The zero-order valence-electron chi connectivity index (χ0n) is 19.4. The number of carbonyl (C=O) groups is 2. The number of hydrogen-bond acceptors (Lipinski definition) is 3. The number of alkyl halides is 3. The normalized spacial score (nSPS) is 11.4. The molecule has 0 atom stereocenters. The van der Waals surface area contributed by atoms with Gasteiger partial charge in [-0.1, -0.05) is 36.4 Å². The number of aromatic nitrogens is 1. The van der Waals surface area contributed by atoms with Crippen LogP contribution >= 0.6 is 11.8 Å². The van der Waals surface area contributed by atoms with E-state index in [1.165, 1.54) is 23.9 Å². The molecule has 9 heteroatoms. The number of benzene rings is 3. The van der Waals surface area contributed by atoms with Crippen molar-refractivity contribution in [1.29, 1.82) is 0 Å². The minimum Gasteiger partial charge on any atom is -0.350 e. The molecule has 0 spiro atoms. The number of hydrogen-bond donors (Lipinski definition) is 2. The van der Waals surface area contributed by atoms with Gasteiger partial charge in [0.25, 0.3) is 5.91 Å². The average Bonchev–Trinajstić information content (AvgIpc) is 3.20. The maximum Gasteiger partial charge on any atom is 0.416 e. The molecule has 0 unspecified atom stereocenters. The second kappa shape index (κ2) is 10.9. The van der Waals surface area contributed by atoms with Crippen LogP contribution in [0.3, 0.4) is 0 Å². The first kappa shape index (κ1) is 25.4. The van der Waals surface area contributed by atoms with Gasteiger partial charge in [0.05, 0.1) is 11.3 Å². The lowest BCUT2D eigenvalue weighted by Crippen LogP contribution is -2.27. The fraction of sp³-hybridized carbons (Fsp3) is 0.185. The first-order valence-corrected chi connectivity index (χ1v) is 12.2. The van der Waals surface area contributed by atoms with Gasteiger partial charge in [0.2, 0.25) is 5.91 Å². The average molecular weight is 512 g/mol. The minimum atomic E-state index is -4.51. The van der Waals surface area contributed by atoms with Gasteiger partial charge < -0.3 is 15.2 Å². The van der Waals surface area contributed by atoms with E-state index in [1.807, 2.05) is 66.2 Å². The molecule has 0 bridgehead atoms. The number of anilines is 1. The fourth-order valence-electron chi connectivity index (χ4n) is 3.80. The number of aryl methyl sites for hydroxylation is 1. The molecule has 4 rings (SSSR count). The zero-order valence-corrected chi connectivity index (χ0v) is 20.2. The quantitative estimate of drug-likeness (QED) is 0.280. The van der Waals surface area contributed by atoms with Crippen molar-refractivity contribution in [3.8, 4) is 0 Å². The van der Waals surface area contributed by atoms with E-state index in [1.54, 1.807) is 0 Å². The van der Waals surface area contributed by atoms with Crippen molar-refractivity contribution in [2.24, 2.45) is 0 Å². The molecule has 186 valence electrons. The number of thioether (sulfide) groups is 1. The van der Waals surface area contributed by atoms with Crippen molar-refractivity contribution >= 4 is 40.2 Å². The largest absolute Gasteiger partial charge is 0.416 e. The van der Waals surface area contributed by atoms with Gasteiger partial charge in [-0.2, -0.15) is 13.2 Å². The number of rotatable bonds is 8. The number of carbonyl (C=O) groups excluding carboxylic acids is 2. The summed E-state index contributed by atoms with van der Waals surface area (Å²) in [6, 6.07) is 19.7. The molecule has 0 fully saturated rings. The lowest BCUT2D eigenvalue weighted by Gasteiger charge is -2.10. The van der Waals surface area contributed by atoms with Crippen LogP contribution in [0.2, 0.25) is 0 Å². The Hall–Kier alpha value is -3.72. The summed E-state index contributed by atoms with van der Waals surface area (Å²) in [5.41, 5.74) is 1.84. The molecule has 1 heterocycles. The fourth-order valence-corrected chi connectivity index (χ4v) is 4.69. The Labute approximate surface area is 210 Å². The van der Waals surface area contributed by atoms with Crippen molar-refractivity contribution in [2.75, 3.05) is 17.6 Å². The van der Waals surface area contributed by atoms with Gasteiger partial charge in [0.1, 0.15) is 0 Å². The number of amides is 2. The van der Waals surface area contributed by atoms with E-state index in [0.29, 0.717) is 6.54 Å². The molecule has 0 aliphatic carbocycles. The summed E-state index contributed by atoms with van der Waals surface area (Å²) in [5.74, 6) is -0.454. The molecular formula is C27H24F3N3O2S. The van der Waals surface area contributed by atoms with Crippen LogP contribution in [-0.4, -0.2) is 28.7 Å². The van der Waals surface area contributed by atoms with Gasteiger partial charge in [0.15, 0.2) is 0 Å². The summed E-state index contributed by atoms with van der Waals surface area (Å²) in [4.78, 5) is 25.8. The smallest absolute Gasteiger partial charge is 0.350 e. The Morgan fingerprint density at radius 2 is 1.75 bits per heavy atom. The summed E-state index contributed by atoms with van der Waals surface area (Å²) in [5, 5.41) is 6.56. The topological polar surface area (TPSA) is 63.1 Å². The summed E-state index contributed by atoms with van der Waals surface area (Å²) < 4.78 is 40.8.